The third kappa shape index (κ3) is 6.49. The van der Waals surface area contributed by atoms with Crippen molar-refractivity contribution in [1.82, 2.24) is 5.48 Å². The first kappa shape index (κ1) is 14.0. The molecule has 18 heavy (non-hydrogen) atoms. The molecule has 1 aromatic rings. The van der Waals surface area contributed by atoms with Crippen molar-refractivity contribution < 1.29 is 19.2 Å². The summed E-state index contributed by atoms with van der Waals surface area (Å²) < 4.78 is 5.40. The quantitative estimate of drug-likeness (QED) is 0.517. The maximum absolute atomic E-state index is 11.2. The third-order valence-electron chi connectivity index (χ3n) is 1.96. The van der Waals surface area contributed by atoms with Crippen molar-refractivity contribution in [2.45, 2.75) is 12.8 Å². The Balaban J connectivity index is 2.04. The van der Waals surface area contributed by atoms with Gasteiger partial charge >= 0.3 is 0 Å². The molecule has 6 heteroatoms. The smallest absolute Gasteiger partial charge is 0.246 e. The Bertz CT molecular complexity index is 381. The highest BCUT2D eigenvalue weighted by molar-refractivity contribution is 5.76. The molecule has 0 aliphatic heterocycles. The van der Waals surface area contributed by atoms with Crippen molar-refractivity contribution in [3.05, 3.63) is 30.3 Å². The normalized spacial score (nSPS) is 9.78. The zero-order valence-corrected chi connectivity index (χ0v) is 9.93. The first-order valence-electron chi connectivity index (χ1n) is 5.55. The third-order valence-corrected chi connectivity index (χ3v) is 1.96. The Labute approximate surface area is 105 Å². The van der Waals surface area contributed by atoms with Crippen LogP contribution in [0.25, 0.3) is 0 Å². The van der Waals surface area contributed by atoms with Crippen LogP contribution in [-0.2, 0) is 14.4 Å². The number of amides is 2. The van der Waals surface area contributed by atoms with E-state index in [1.807, 2.05) is 30.3 Å². The van der Waals surface area contributed by atoms with Gasteiger partial charge in [0.15, 0.2) is 6.61 Å². The minimum atomic E-state index is -0.636. The standard InChI is InChI=1S/C12H16N2O4/c13-11(15)9-18-14-12(16)7-4-8-17-10-5-2-1-3-6-10/h1-3,5-6H,4,7-9H2,(H2,13,15)(H,14,16). The van der Waals surface area contributed by atoms with Crippen LogP contribution in [0, 0.1) is 0 Å². The van der Waals surface area contributed by atoms with Crippen LogP contribution in [0.1, 0.15) is 12.8 Å². The van der Waals surface area contributed by atoms with E-state index >= 15 is 0 Å². The molecule has 0 radical (unpaired) electrons. The lowest BCUT2D eigenvalue weighted by atomic mass is 10.3. The number of carbonyl (C=O) groups excluding carboxylic acids is 2. The lowest BCUT2D eigenvalue weighted by molar-refractivity contribution is -0.138. The lowest BCUT2D eigenvalue weighted by Crippen LogP contribution is -2.29. The van der Waals surface area contributed by atoms with Gasteiger partial charge in [-0.25, -0.2) is 5.48 Å². The lowest BCUT2D eigenvalue weighted by Gasteiger charge is -2.06. The Morgan fingerprint density at radius 1 is 1.22 bits per heavy atom. The van der Waals surface area contributed by atoms with Gasteiger partial charge in [-0.3, -0.25) is 14.4 Å². The molecule has 0 saturated heterocycles. The SMILES string of the molecule is NC(=O)CONC(=O)CCCOc1ccccc1. The first-order chi connectivity index (χ1) is 8.68. The van der Waals surface area contributed by atoms with Crippen LogP contribution in [0.4, 0.5) is 0 Å². The van der Waals surface area contributed by atoms with E-state index < -0.39 is 5.91 Å². The number of benzene rings is 1. The van der Waals surface area contributed by atoms with Gasteiger partial charge in [-0.15, -0.1) is 0 Å². The molecule has 98 valence electrons. The molecule has 0 saturated carbocycles. The maximum atomic E-state index is 11.2. The molecular formula is C12H16N2O4. The van der Waals surface area contributed by atoms with E-state index in [0.717, 1.165) is 5.75 Å². The van der Waals surface area contributed by atoms with Crippen LogP contribution < -0.4 is 16.0 Å². The minimum absolute atomic E-state index is 0.256. The summed E-state index contributed by atoms with van der Waals surface area (Å²) in [5.74, 6) is -0.182. The minimum Gasteiger partial charge on any atom is -0.494 e. The Kier molecular flexibility index (Phi) is 6.27. The summed E-state index contributed by atoms with van der Waals surface area (Å²) in [4.78, 5) is 26.1. The van der Waals surface area contributed by atoms with Gasteiger partial charge in [0.25, 0.3) is 0 Å². The number of para-hydroxylation sites is 1. The summed E-state index contributed by atoms with van der Waals surface area (Å²) in [6.07, 6.45) is 0.812. The van der Waals surface area contributed by atoms with Gasteiger partial charge in [-0.1, -0.05) is 18.2 Å². The largest absolute Gasteiger partial charge is 0.494 e. The second-order valence-corrected chi connectivity index (χ2v) is 3.55. The summed E-state index contributed by atoms with van der Waals surface area (Å²) in [7, 11) is 0. The summed E-state index contributed by atoms with van der Waals surface area (Å²) in [5.41, 5.74) is 6.95. The van der Waals surface area contributed by atoms with Crippen LogP contribution in [0.15, 0.2) is 30.3 Å². The fraction of sp³-hybridized carbons (Fsp3) is 0.333. The number of nitrogens with two attached hydrogens (primary N) is 1. The van der Waals surface area contributed by atoms with Crippen molar-refractivity contribution in [3.63, 3.8) is 0 Å². The van der Waals surface area contributed by atoms with Gasteiger partial charge in [0.1, 0.15) is 5.75 Å². The van der Waals surface area contributed by atoms with Crippen molar-refractivity contribution in [2.75, 3.05) is 13.2 Å². The highest BCUT2D eigenvalue weighted by Crippen LogP contribution is 2.08. The number of rotatable bonds is 8. The highest BCUT2D eigenvalue weighted by Gasteiger charge is 2.02. The molecule has 2 amide bonds. The second kappa shape index (κ2) is 8.08. The summed E-state index contributed by atoms with van der Waals surface area (Å²) in [6, 6.07) is 9.34. The number of carbonyl (C=O) groups is 2. The van der Waals surface area contributed by atoms with Crippen molar-refractivity contribution in [1.29, 1.82) is 0 Å². The van der Waals surface area contributed by atoms with E-state index in [4.69, 9.17) is 10.5 Å². The Hall–Kier alpha value is -2.08. The van der Waals surface area contributed by atoms with Crippen LogP contribution in [0.3, 0.4) is 0 Å². The Morgan fingerprint density at radius 3 is 2.61 bits per heavy atom. The maximum Gasteiger partial charge on any atom is 0.246 e. The van der Waals surface area contributed by atoms with Gasteiger partial charge in [0.2, 0.25) is 11.8 Å². The van der Waals surface area contributed by atoms with Crippen molar-refractivity contribution >= 4 is 11.8 Å². The van der Waals surface area contributed by atoms with E-state index in [-0.39, 0.29) is 18.9 Å². The van der Waals surface area contributed by atoms with E-state index in [9.17, 15) is 9.59 Å². The fourth-order valence-corrected chi connectivity index (χ4v) is 1.18. The molecule has 0 fully saturated rings. The topological polar surface area (TPSA) is 90.7 Å². The molecule has 0 aromatic heterocycles. The number of primary amides is 1. The average Bonchev–Trinajstić information content (AvgIpc) is 2.35. The molecule has 0 bridgehead atoms. The van der Waals surface area contributed by atoms with Crippen LogP contribution >= 0.6 is 0 Å². The second-order valence-electron chi connectivity index (χ2n) is 3.55. The van der Waals surface area contributed by atoms with E-state index in [2.05, 4.69) is 10.3 Å². The molecule has 0 aliphatic rings. The number of hydroxylamine groups is 1. The van der Waals surface area contributed by atoms with Gasteiger partial charge in [0.05, 0.1) is 6.61 Å². The fourth-order valence-electron chi connectivity index (χ4n) is 1.18. The molecule has 1 rings (SSSR count). The monoisotopic (exact) mass is 252 g/mol. The van der Waals surface area contributed by atoms with Gasteiger partial charge < -0.3 is 10.5 Å². The van der Waals surface area contributed by atoms with E-state index in [0.29, 0.717) is 13.0 Å². The van der Waals surface area contributed by atoms with Crippen molar-refractivity contribution in [2.24, 2.45) is 5.73 Å². The number of hydrogen-bond acceptors (Lipinski definition) is 4. The van der Waals surface area contributed by atoms with Crippen LogP contribution in [0.5, 0.6) is 5.75 Å². The predicted octanol–water partition coefficient (Wildman–Crippen LogP) is 0.379. The van der Waals surface area contributed by atoms with Crippen molar-refractivity contribution in [3.8, 4) is 5.75 Å². The molecule has 0 aliphatic carbocycles. The molecule has 0 unspecified atom stereocenters. The molecule has 0 heterocycles. The number of hydrogen-bond donors (Lipinski definition) is 2. The summed E-state index contributed by atoms with van der Waals surface area (Å²) >= 11 is 0. The molecule has 6 nitrogen and oxygen atoms in total. The van der Waals surface area contributed by atoms with E-state index in [1.54, 1.807) is 0 Å². The number of ether oxygens (including phenoxy) is 1. The van der Waals surface area contributed by atoms with Gasteiger partial charge in [-0.2, -0.15) is 0 Å². The first-order valence-corrected chi connectivity index (χ1v) is 5.55. The average molecular weight is 252 g/mol. The van der Waals surface area contributed by atoms with Gasteiger partial charge in [-0.05, 0) is 18.6 Å². The van der Waals surface area contributed by atoms with Crippen LogP contribution in [-0.4, -0.2) is 25.0 Å². The molecular weight excluding hydrogens is 236 g/mol. The number of nitrogens with one attached hydrogen (secondary N) is 1. The van der Waals surface area contributed by atoms with Gasteiger partial charge in [0, 0.05) is 6.42 Å². The molecule has 1 aromatic carbocycles. The summed E-state index contributed by atoms with van der Waals surface area (Å²) in [5, 5.41) is 0. The van der Waals surface area contributed by atoms with E-state index in [1.165, 1.54) is 0 Å². The summed E-state index contributed by atoms with van der Waals surface area (Å²) in [6.45, 7) is 0.111. The zero-order chi connectivity index (χ0) is 13.2. The zero-order valence-electron chi connectivity index (χ0n) is 9.93. The van der Waals surface area contributed by atoms with Crippen LogP contribution in [0.2, 0.25) is 0 Å². The Morgan fingerprint density at radius 2 is 1.94 bits per heavy atom. The highest BCUT2D eigenvalue weighted by atomic mass is 16.7. The molecule has 3 N–H and O–H groups in total. The molecule has 0 atom stereocenters. The molecule has 0 spiro atoms. The predicted molar refractivity (Wildman–Crippen MR) is 64.5 cm³/mol.